The molecule has 0 unspecified atom stereocenters. The van der Waals surface area contributed by atoms with Gasteiger partial charge in [0.1, 0.15) is 5.75 Å². The van der Waals surface area contributed by atoms with E-state index < -0.39 is 0 Å². The average molecular weight is 256 g/mol. The zero-order chi connectivity index (χ0) is 13.7. The molecule has 0 saturated carbocycles. The fourth-order valence-corrected chi connectivity index (χ4v) is 1.83. The van der Waals surface area contributed by atoms with Crippen LogP contribution in [0.3, 0.4) is 0 Å². The first-order valence-corrected chi connectivity index (χ1v) is 6.01. The van der Waals surface area contributed by atoms with Crippen molar-refractivity contribution in [2.45, 2.75) is 6.42 Å². The molecule has 0 radical (unpaired) electrons. The molecule has 0 saturated heterocycles. The number of pyridine rings is 1. The van der Waals surface area contributed by atoms with Crippen LogP contribution in [0.25, 0.3) is 0 Å². The maximum absolute atomic E-state index is 12.2. The van der Waals surface area contributed by atoms with Crippen molar-refractivity contribution in [2.75, 3.05) is 19.1 Å². The lowest BCUT2D eigenvalue weighted by Gasteiger charge is -2.17. The van der Waals surface area contributed by atoms with Crippen LogP contribution in [0.1, 0.15) is 5.56 Å². The summed E-state index contributed by atoms with van der Waals surface area (Å²) < 4.78 is 5.25. The Morgan fingerprint density at radius 1 is 1.26 bits per heavy atom. The molecule has 2 rings (SSSR count). The number of likely N-dealkylation sites (N-methyl/N-ethyl adjacent to an activating group) is 1. The molecular weight excluding hydrogens is 240 g/mol. The molecule has 4 nitrogen and oxygen atoms in total. The zero-order valence-electron chi connectivity index (χ0n) is 11.0. The first-order chi connectivity index (χ1) is 9.22. The number of carbonyl (C=O) groups excluding carboxylic acids is 1. The molecule has 0 N–H and O–H groups in total. The molecule has 1 amide bonds. The van der Waals surface area contributed by atoms with Crippen LogP contribution in [-0.2, 0) is 11.2 Å². The second-order valence-electron chi connectivity index (χ2n) is 4.15. The molecule has 19 heavy (non-hydrogen) atoms. The van der Waals surface area contributed by atoms with Gasteiger partial charge < -0.3 is 9.64 Å². The van der Waals surface area contributed by atoms with Gasteiger partial charge in [-0.2, -0.15) is 0 Å². The van der Waals surface area contributed by atoms with Crippen LogP contribution in [0, 0.1) is 0 Å². The summed E-state index contributed by atoms with van der Waals surface area (Å²) in [5.41, 5.74) is 1.66. The number of carbonyl (C=O) groups is 1. The van der Waals surface area contributed by atoms with Gasteiger partial charge in [-0.15, -0.1) is 0 Å². The summed E-state index contributed by atoms with van der Waals surface area (Å²) >= 11 is 0. The predicted molar refractivity (Wildman–Crippen MR) is 74.3 cm³/mol. The molecule has 1 aromatic heterocycles. The van der Waals surface area contributed by atoms with E-state index in [0.29, 0.717) is 6.42 Å². The van der Waals surface area contributed by atoms with Gasteiger partial charge in [0.05, 0.1) is 25.4 Å². The van der Waals surface area contributed by atoms with Gasteiger partial charge in [-0.3, -0.25) is 9.78 Å². The van der Waals surface area contributed by atoms with Crippen LogP contribution < -0.4 is 9.64 Å². The number of rotatable bonds is 4. The number of ether oxygens (including phenoxy) is 1. The van der Waals surface area contributed by atoms with E-state index in [2.05, 4.69) is 4.98 Å². The largest absolute Gasteiger partial charge is 0.496 e. The Morgan fingerprint density at radius 3 is 2.74 bits per heavy atom. The second-order valence-corrected chi connectivity index (χ2v) is 4.15. The van der Waals surface area contributed by atoms with Crippen LogP contribution in [0.4, 0.5) is 5.69 Å². The number of methoxy groups -OCH3 is 1. The Hall–Kier alpha value is -2.36. The molecule has 0 aliphatic heterocycles. The molecule has 0 atom stereocenters. The van der Waals surface area contributed by atoms with Gasteiger partial charge in [0, 0.05) is 18.8 Å². The minimum atomic E-state index is -0.00231. The average Bonchev–Trinajstić information content (AvgIpc) is 2.48. The molecule has 0 aliphatic carbocycles. The second kappa shape index (κ2) is 6.00. The van der Waals surface area contributed by atoms with Crippen molar-refractivity contribution in [1.82, 2.24) is 4.98 Å². The molecule has 1 aromatic carbocycles. The lowest BCUT2D eigenvalue weighted by atomic mass is 10.1. The summed E-state index contributed by atoms with van der Waals surface area (Å²) in [6.07, 6.45) is 3.65. The van der Waals surface area contributed by atoms with Crippen molar-refractivity contribution in [1.29, 1.82) is 0 Å². The number of hydrogen-bond acceptors (Lipinski definition) is 3. The number of aromatic nitrogens is 1. The third-order valence-corrected chi connectivity index (χ3v) is 2.94. The fraction of sp³-hybridized carbons (Fsp3) is 0.200. The molecule has 4 heteroatoms. The molecule has 0 aliphatic rings. The summed E-state index contributed by atoms with van der Waals surface area (Å²) in [6.45, 7) is 0. The highest BCUT2D eigenvalue weighted by molar-refractivity contribution is 5.94. The van der Waals surface area contributed by atoms with E-state index >= 15 is 0 Å². The summed E-state index contributed by atoms with van der Waals surface area (Å²) in [5.74, 6) is 0.730. The molecular formula is C15H16N2O2. The summed E-state index contributed by atoms with van der Waals surface area (Å²) in [5, 5.41) is 0. The van der Waals surface area contributed by atoms with E-state index in [1.54, 1.807) is 31.5 Å². The number of benzene rings is 1. The molecule has 2 aromatic rings. The number of amides is 1. The van der Waals surface area contributed by atoms with Crippen molar-refractivity contribution >= 4 is 11.6 Å². The smallest absolute Gasteiger partial charge is 0.231 e. The van der Waals surface area contributed by atoms with E-state index in [4.69, 9.17) is 4.74 Å². The number of para-hydroxylation sites is 1. The first kappa shape index (κ1) is 13.1. The van der Waals surface area contributed by atoms with Gasteiger partial charge in [-0.25, -0.2) is 0 Å². The predicted octanol–water partition coefficient (Wildman–Crippen LogP) is 2.30. The number of nitrogens with zero attached hydrogens (tertiary/aromatic N) is 2. The standard InChI is InChI=1S/C15H16N2O2/c1-17(13-7-5-9-16-11-13)15(18)10-12-6-3-4-8-14(12)19-2/h3-9,11H,10H2,1-2H3. The van der Waals surface area contributed by atoms with E-state index in [1.165, 1.54) is 0 Å². The van der Waals surface area contributed by atoms with Crippen molar-refractivity contribution in [2.24, 2.45) is 0 Å². The van der Waals surface area contributed by atoms with Gasteiger partial charge in [-0.05, 0) is 18.2 Å². The van der Waals surface area contributed by atoms with Crippen LogP contribution in [0.2, 0.25) is 0 Å². The first-order valence-electron chi connectivity index (χ1n) is 6.01. The molecule has 0 spiro atoms. The van der Waals surface area contributed by atoms with E-state index in [1.807, 2.05) is 36.4 Å². The van der Waals surface area contributed by atoms with Gasteiger partial charge in [-0.1, -0.05) is 18.2 Å². The SMILES string of the molecule is COc1ccccc1CC(=O)N(C)c1cccnc1. The monoisotopic (exact) mass is 256 g/mol. The quantitative estimate of drug-likeness (QED) is 0.843. The van der Waals surface area contributed by atoms with Crippen molar-refractivity contribution in [3.63, 3.8) is 0 Å². The van der Waals surface area contributed by atoms with E-state index in [0.717, 1.165) is 17.0 Å². The Balaban J connectivity index is 2.13. The summed E-state index contributed by atoms with van der Waals surface area (Å²) in [4.78, 5) is 17.8. The lowest BCUT2D eigenvalue weighted by molar-refractivity contribution is -0.117. The van der Waals surface area contributed by atoms with Gasteiger partial charge >= 0.3 is 0 Å². The highest BCUT2D eigenvalue weighted by Gasteiger charge is 2.13. The van der Waals surface area contributed by atoms with Crippen LogP contribution >= 0.6 is 0 Å². The van der Waals surface area contributed by atoms with Crippen molar-refractivity contribution in [3.8, 4) is 5.75 Å². The highest BCUT2D eigenvalue weighted by atomic mass is 16.5. The molecule has 0 bridgehead atoms. The van der Waals surface area contributed by atoms with Crippen molar-refractivity contribution in [3.05, 3.63) is 54.4 Å². The third kappa shape index (κ3) is 3.10. The number of hydrogen-bond donors (Lipinski definition) is 0. The third-order valence-electron chi connectivity index (χ3n) is 2.94. The van der Waals surface area contributed by atoms with Gasteiger partial charge in [0.15, 0.2) is 0 Å². The fourth-order valence-electron chi connectivity index (χ4n) is 1.83. The Morgan fingerprint density at radius 2 is 2.05 bits per heavy atom. The van der Waals surface area contributed by atoms with Crippen LogP contribution in [0.15, 0.2) is 48.8 Å². The molecule has 1 heterocycles. The Labute approximate surface area is 112 Å². The normalized spacial score (nSPS) is 10.0. The van der Waals surface area contributed by atoms with Crippen LogP contribution in [-0.4, -0.2) is 25.0 Å². The topological polar surface area (TPSA) is 42.4 Å². The zero-order valence-corrected chi connectivity index (χ0v) is 11.0. The maximum atomic E-state index is 12.2. The lowest BCUT2D eigenvalue weighted by Crippen LogP contribution is -2.28. The Bertz CT molecular complexity index is 555. The van der Waals surface area contributed by atoms with Gasteiger partial charge in [0.2, 0.25) is 5.91 Å². The highest BCUT2D eigenvalue weighted by Crippen LogP contribution is 2.19. The van der Waals surface area contributed by atoms with Gasteiger partial charge in [0.25, 0.3) is 0 Å². The minimum absolute atomic E-state index is 0.00231. The Kier molecular flexibility index (Phi) is 4.13. The number of anilines is 1. The molecule has 0 fully saturated rings. The molecule has 98 valence electrons. The van der Waals surface area contributed by atoms with Crippen molar-refractivity contribution < 1.29 is 9.53 Å². The summed E-state index contributed by atoms with van der Waals surface area (Å²) in [7, 11) is 3.35. The van der Waals surface area contributed by atoms with E-state index in [9.17, 15) is 4.79 Å². The van der Waals surface area contributed by atoms with Crippen LogP contribution in [0.5, 0.6) is 5.75 Å². The van der Waals surface area contributed by atoms with E-state index in [-0.39, 0.29) is 5.91 Å². The maximum Gasteiger partial charge on any atom is 0.231 e. The summed E-state index contributed by atoms with van der Waals surface area (Å²) in [6, 6.07) is 11.2. The minimum Gasteiger partial charge on any atom is -0.496 e.